The van der Waals surface area contributed by atoms with Gasteiger partial charge in [0.25, 0.3) is 5.91 Å². The van der Waals surface area contributed by atoms with Crippen LogP contribution in [0, 0.1) is 0 Å². The zero-order chi connectivity index (χ0) is 16.2. The number of para-hydroxylation sites is 1. The number of aliphatic imine (C=N–C) groups is 1. The van der Waals surface area contributed by atoms with Crippen molar-refractivity contribution in [2.24, 2.45) is 4.99 Å². The van der Waals surface area contributed by atoms with Crippen molar-refractivity contribution in [1.82, 2.24) is 5.32 Å². The van der Waals surface area contributed by atoms with Crippen LogP contribution in [0.5, 0.6) is 0 Å². The Morgan fingerprint density at radius 1 is 1.17 bits per heavy atom. The normalized spacial score (nSPS) is 17.7. The molecule has 3 nitrogen and oxygen atoms in total. The number of amidine groups is 1. The number of thioether (sulfide) groups is 1. The van der Waals surface area contributed by atoms with Gasteiger partial charge in [-0.3, -0.25) is 4.79 Å². The van der Waals surface area contributed by atoms with Gasteiger partial charge in [0.2, 0.25) is 0 Å². The summed E-state index contributed by atoms with van der Waals surface area (Å²) in [4.78, 5) is 17.2. The number of hydrogen-bond acceptors (Lipinski definition) is 3. The van der Waals surface area contributed by atoms with Crippen LogP contribution in [0.25, 0.3) is 6.08 Å². The van der Waals surface area contributed by atoms with Crippen LogP contribution in [-0.2, 0) is 11.2 Å². The maximum Gasteiger partial charge on any atom is 0.264 e. The second kappa shape index (κ2) is 7.15. The van der Waals surface area contributed by atoms with Crippen molar-refractivity contribution in [3.8, 4) is 0 Å². The molecule has 23 heavy (non-hydrogen) atoms. The Hall–Kier alpha value is -1.85. The third-order valence-electron chi connectivity index (χ3n) is 3.41. The van der Waals surface area contributed by atoms with E-state index in [1.165, 1.54) is 17.3 Å². The molecule has 1 fully saturated rings. The van der Waals surface area contributed by atoms with Crippen LogP contribution in [0.3, 0.4) is 0 Å². The van der Waals surface area contributed by atoms with Crippen molar-refractivity contribution in [3.05, 3.63) is 69.0 Å². The van der Waals surface area contributed by atoms with Crippen molar-refractivity contribution >= 4 is 50.5 Å². The highest BCUT2D eigenvalue weighted by atomic mass is 79.9. The lowest BCUT2D eigenvalue weighted by Gasteiger charge is -1.99. The number of carbonyl (C=O) groups is 1. The van der Waals surface area contributed by atoms with Gasteiger partial charge in [0.05, 0.1) is 10.6 Å². The molecule has 0 bridgehead atoms. The molecule has 1 amide bonds. The van der Waals surface area contributed by atoms with Crippen LogP contribution in [0.2, 0.25) is 0 Å². The van der Waals surface area contributed by atoms with E-state index in [4.69, 9.17) is 0 Å². The number of aryl methyl sites for hydroxylation is 1. The molecule has 1 aliphatic heterocycles. The summed E-state index contributed by atoms with van der Waals surface area (Å²) in [5.41, 5.74) is 3.10. The molecule has 0 unspecified atom stereocenters. The van der Waals surface area contributed by atoms with Crippen LogP contribution in [0.15, 0.2) is 62.9 Å². The fraction of sp³-hybridized carbons (Fsp3) is 0.111. The smallest absolute Gasteiger partial charge is 0.264 e. The molecule has 5 heteroatoms. The second-order valence-electron chi connectivity index (χ2n) is 5.03. The topological polar surface area (TPSA) is 41.5 Å². The van der Waals surface area contributed by atoms with E-state index in [2.05, 4.69) is 45.3 Å². The zero-order valence-corrected chi connectivity index (χ0v) is 14.9. The van der Waals surface area contributed by atoms with Gasteiger partial charge in [-0.1, -0.05) is 43.3 Å². The Morgan fingerprint density at radius 2 is 1.91 bits per heavy atom. The first-order valence-corrected chi connectivity index (χ1v) is 8.89. The van der Waals surface area contributed by atoms with Crippen LogP contribution >= 0.6 is 27.7 Å². The number of hydrogen-bond donors (Lipinski definition) is 1. The SMILES string of the molecule is CCc1ccc(C=C2SC(=Nc3ccccc3Br)NC2=O)cc1. The molecule has 0 aromatic heterocycles. The highest BCUT2D eigenvalue weighted by molar-refractivity contribution is 9.10. The van der Waals surface area contributed by atoms with Gasteiger partial charge in [0.1, 0.15) is 0 Å². The third-order valence-corrected chi connectivity index (χ3v) is 4.99. The Bertz CT molecular complexity index is 797. The molecular weight excluding hydrogens is 372 g/mol. The molecular formula is C18H15BrN2OS. The summed E-state index contributed by atoms with van der Waals surface area (Å²) < 4.78 is 0.898. The predicted molar refractivity (Wildman–Crippen MR) is 101 cm³/mol. The fourth-order valence-electron chi connectivity index (χ4n) is 2.13. The summed E-state index contributed by atoms with van der Waals surface area (Å²) in [6, 6.07) is 15.9. The standard InChI is InChI=1S/C18H15BrN2OS/c1-2-12-7-9-13(10-8-12)11-16-17(22)21-18(23-16)20-15-6-4-3-5-14(15)19/h3-11H,2H2,1H3,(H,20,21,22). The number of carbonyl (C=O) groups excluding carboxylic acids is 1. The number of amides is 1. The van der Waals surface area contributed by atoms with E-state index in [-0.39, 0.29) is 5.91 Å². The molecule has 1 aliphatic rings. The summed E-state index contributed by atoms with van der Waals surface area (Å²) in [6.07, 6.45) is 2.90. The molecule has 1 heterocycles. The summed E-state index contributed by atoms with van der Waals surface area (Å²) in [5, 5.41) is 3.40. The second-order valence-corrected chi connectivity index (χ2v) is 6.91. The summed E-state index contributed by atoms with van der Waals surface area (Å²) in [5.74, 6) is -0.111. The molecule has 0 radical (unpaired) electrons. The number of rotatable bonds is 3. The maximum atomic E-state index is 12.1. The average molecular weight is 387 g/mol. The largest absolute Gasteiger partial charge is 0.300 e. The monoisotopic (exact) mass is 386 g/mol. The van der Waals surface area contributed by atoms with E-state index in [1.807, 2.05) is 42.5 Å². The van der Waals surface area contributed by atoms with E-state index in [0.717, 1.165) is 22.1 Å². The molecule has 1 saturated heterocycles. The number of nitrogens with one attached hydrogen (secondary N) is 1. The number of benzene rings is 2. The Labute approximate surface area is 148 Å². The van der Waals surface area contributed by atoms with Crippen LogP contribution in [0.1, 0.15) is 18.1 Å². The van der Waals surface area contributed by atoms with Crippen LogP contribution < -0.4 is 5.32 Å². The summed E-state index contributed by atoms with van der Waals surface area (Å²) >= 11 is 4.81. The van der Waals surface area contributed by atoms with E-state index in [1.54, 1.807) is 0 Å². The minimum atomic E-state index is -0.111. The lowest BCUT2D eigenvalue weighted by molar-refractivity contribution is -0.115. The number of nitrogens with zero attached hydrogens (tertiary/aromatic N) is 1. The molecule has 0 aliphatic carbocycles. The summed E-state index contributed by atoms with van der Waals surface area (Å²) in [6.45, 7) is 2.12. The highest BCUT2D eigenvalue weighted by Crippen LogP contribution is 2.30. The first-order valence-electron chi connectivity index (χ1n) is 7.29. The van der Waals surface area contributed by atoms with E-state index in [0.29, 0.717) is 10.1 Å². The molecule has 2 aromatic carbocycles. The Balaban J connectivity index is 1.82. The van der Waals surface area contributed by atoms with Crippen molar-refractivity contribution in [3.63, 3.8) is 0 Å². The molecule has 0 spiro atoms. The Kier molecular flexibility index (Phi) is 4.98. The minimum Gasteiger partial charge on any atom is -0.300 e. The molecule has 2 aromatic rings. The first-order chi connectivity index (χ1) is 11.2. The predicted octanol–water partition coefficient (Wildman–Crippen LogP) is 4.90. The lowest BCUT2D eigenvalue weighted by Crippen LogP contribution is -2.19. The minimum absolute atomic E-state index is 0.111. The van der Waals surface area contributed by atoms with Crippen molar-refractivity contribution in [2.75, 3.05) is 0 Å². The van der Waals surface area contributed by atoms with Gasteiger partial charge in [0.15, 0.2) is 5.17 Å². The molecule has 1 N–H and O–H groups in total. The maximum absolute atomic E-state index is 12.1. The first kappa shape index (κ1) is 16.0. The Morgan fingerprint density at radius 3 is 2.61 bits per heavy atom. The molecule has 0 saturated carbocycles. The molecule has 3 rings (SSSR count). The van der Waals surface area contributed by atoms with Gasteiger partial charge in [-0.2, -0.15) is 0 Å². The van der Waals surface area contributed by atoms with Gasteiger partial charge in [0, 0.05) is 4.47 Å². The van der Waals surface area contributed by atoms with Gasteiger partial charge in [-0.15, -0.1) is 0 Å². The van der Waals surface area contributed by atoms with Gasteiger partial charge < -0.3 is 5.32 Å². The lowest BCUT2D eigenvalue weighted by atomic mass is 10.1. The van der Waals surface area contributed by atoms with Crippen LogP contribution in [-0.4, -0.2) is 11.1 Å². The van der Waals surface area contributed by atoms with Crippen molar-refractivity contribution in [1.29, 1.82) is 0 Å². The highest BCUT2D eigenvalue weighted by Gasteiger charge is 2.23. The summed E-state index contributed by atoms with van der Waals surface area (Å²) in [7, 11) is 0. The van der Waals surface area contributed by atoms with Gasteiger partial charge in [-0.05, 0) is 63.4 Å². The van der Waals surface area contributed by atoms with Crippen LogP contribution in [0.4, 0.5) is 5.69 Å². The third kappa shape index (κ3) is 3.92. The van der Waals surface area contributed by atoms with E-state index >= 15 is 0 Å². The molecule has 0 atom stereocenters. The fourth-order valence-corrected chi connectivity index (χ4v) is 3.34. The van der Waals surface area contributed by atoms with Crippen molar-refractivity contribution < 1.29 is 4.79 Å². The van der Waals surface area contributed by atoms with Gasteiger partial charge in [-0.25, -0.2) is 4.99 Å². The zero-order valence-electron chi connectivity index (χ0n) is 12.5. The van der Waals surface area contributed by atoms with Crippen molar-refractivity contribution in [2.45, 2.75) is 13.3 Å². The van der Waals surface area contributed by atoms with Gasteiger partial charge >= 0.3 is 0 Å². The quantitative estimate of drug-likeness (QED) is 0.761. The number of halogens is 1. The average Bonchev–Trinajstić information content (AvgIpc) is 2.90. The molecule has 116 valence electrons. The van der Waals surface area contributed by atoms with E-state index in [9.17, 15) is 4.79 Å². The van der Waals surface area contributed by atoms with E-state index < -0.39 is 0 Å².